The molecular weight excluding hydrogens is 463 g/mol. The molecule has 2 aromatic carbocycles. The highest BCUT2D eigenvalue weighted by atomic mass is 19.1. The largest absolute Gasteiger partial charge is 0.493 e. The molecule has 0 bridgehead atoms. The lowest BCUT2D eigenvalue weighted by Crippen LogP contribution is -2.46. The number of carbonyl (C=O) groups is 2. The van der Waals surface area contributed by atoms with Gasteiger partial charge in [0, 0.05) is 25.7 Å². The number of amides is 3. The molecule has 188 valence electrons. The van der Waals surface area contributed by atoms with Crippen molar-refractivity contribution in [3.05, 3.63) is 89.0 Å². The summed E-state index contributed by atoms with van der Waals surface area (Å²) < 4.78 is 24.6. The van der Waals surface area contributed by atoms with E-state index in [0.29, 0.717) is 31.0 Å². The fourth-order valence-corrected chi connectivity index (χ4v) is 4.33. The molecule has 0 saturated carbocycles. The molecule has 3 aromatic rings. The van der Waals surface area contributed by atoms with Crippen LogP contribution in [0.15, 0.2) is 60.8 Å². The van der Waals surface area contributed by atoms with Crippen LogP contribution in [0.1, 0.15) is 34.8 Å². The van der Waals surface area contributed by atoms with Gasteiger partial charge in [0.15, 0.2) is 11.5 Å². The van der Waals surface area contributed by atoms with Gasteiger partial charge in [0.05, 0.1) is 32.5 Å². The minimum atomic E-state index is -0.452. The van der Waals surface area contributed by atoms with Crippen LogP contribution in [0.2, 0.25) is 0 Å². The Morgan fingerprint density at radius 3 is 2.50 bits per heavy atom. The van der Waals surface area contributed by atoms with E-state index in [9.17, 15) is 14.0 Å². The van der Waals surface area contributed by atoms with Crippen LogP contribution in [-0.4, -0.2) is 49.1 Å². The van der Waals surface area contributed by atoms with Crippen molar-refractivity contribution in [3.63, 3.8) is 0 Å². The summed E-state index contributed by atoms with van der Waals surface area (Å²) in [4.78, 5) is 31.3. The number of hydrogen-bond donors (Lipinski definition) is 2. The first-order valence-corrected chi connectivity index (χ1v) is 11.7. The van der Waals surface area contributed by atoms with E-state index in [-0.39, 0.29) is 30.7 Å². The molecule has 1 aliphatic rings. The molecule has 1 aliphatic heterocycles. The van der Waals surface area contributed by atoms with E-state index in [1.165, 1.54) is 12.1 Å². The van der Waals surface area contributed by atoms with Gasteiger partial charge in [-0.05, 0) is 59.5 Å². The van der Waals surface area contributed by atoms with Gasteiger partial charge in [0.25, 0.3) is 0 Å². The SMILES string of the molecule is COc1cc2c(cc1OC)[C@H](c1ccc(F)cc1)N(C(=O)NCCC(=O)NCc1ccccn1)CC2. The number of aromatic nitrogens is 1. The van der Waals surface area contributed by atoms with E-state index < -0.39 is 6.04 Å². The molecule has 2 heterocycles. The van der Waals surface area contributed by atoms with Gasteiger partial charge in [-0.25, -0.2) is 9.18 Å². The summed E-state index contributed by atoms with van der Waals surface area (Å²) in [6, 6.07) is 14.6. The van der Waals surface area contributed by atoms with Gasteiger partial charge in [-0.3, -0.25) is 9.78 Å². The van der Waals surface area contributed by atoms with Crippen molar-refractivity contribution in [2.24, 2.45) is 0 Å². The minimum absolute atomic E-state index is 0.134. The highest BCUT2D eigenvalue weighted by Gasteiger charge is 2.33. The van der Waals surface area contributed by atoms with Crippen LogP contribution in [0, 0.1) is 5.82 Å². The van der Waals surface area contributed by atoms with Crippen LogP contribution >= 0.6 is 0 Å². The lowest BCUT2D eigenvalue weighted by atomic mass is 9.88. The van der Waals surface area contributed by atoms with Crippen molar-refractivity contribution in [1.82, 2.24) is 20.5 Å². The van der Waals surface area contributed by atoms with Crippen molar-refractivity contribution >= 4 is 11.9 Å². The van der Waals surface area contributed by atoms with Gasteiger partial charge >= 0.3 is 6.03 Å². The fourth-order valence-electron chi connectivity index (χ4n) is 4.33. The Morgan fingerprint density at radius 2 is 1.81 bits per heavy atom. The third kappa shape index (κ3) is 5.73. The monoisotopic (exact) mass is 492 g/mol. The lowest BCUT2D eigenvalue weighted by Gasteiger charge is -2.38. The summed E-state index contributed by atoms with van der Waals surface area (Å²) in [5, 5.41) is 5.66. The first kappa shape index (κ1) is 25.0. The van der Waals surface area contributed by atoms with Gasteiger partial charge in [-0.2, -0.15) is 0 Å². The topological polar surface area (TPSA) is 92.8 Å². The molecule has 0 saturated heterocycles. The molecule has 0 aliphatic carbocycles. The minimum Gasteiger partial charge on any atom is -0.493 e. The summed E-state index contributed by atoms with van der Waals surface area (Å²) in [6.07, 6.45) is 2.42. The molecule has 1 aromatic heterocycles. The van der Waals surface area contributed by atoms with E-state index in [0.717, 1.165) is 22.4 Å². The maximum Gasteiger partial charge on any atom is 0.318 e. The quantitative estimate of drug-likeness (QED) is 0.501. The van der Waals surface area contributed by atoms with E-state index in [1.54, 1.807) is 37.4 Å². The van der Waals surface area contributed by atoms with Gasteiger partial charge in [-0.15, -0.1) is 0 Å². The van der Waals surface area contributed by atoms with E-state index in [2.05, 4.69) is 15.6 Å². The van der Waals surface area contributed by atoms with Crippen LogP contribution in [-0.2, 0) is 17.8 Å². The Morgan fingerprint density at radius 1 is 1.06 bits per heavy atom. The third-order valence-corrected chi connectivity index (χ3v) is 6.14. The molecule has 4 rings (SSSR count). The Kier molecular flexibility index (Phi) is 7.99. The molecule has 0 unspecified atom stereocenters. The zero-order valence-electron chi connectivity index (χ0n) is 20.3. The van der Waals surface area contributed by atoms with Gasteiger partial charge < -0.3 is 25.0 Å². The molecular formula is C27H29FN4O4. The van der Waals surface area contributed by atoms with Crippen LogP contribution in [0.4, 0.5) is 9.18 Å². The number of carbonyl (C=O) groups excluding carboxylic acids is 2. The number of methoxy groups -OCH3 is 2. The predicted molar refractivity (Wildman–Crippen MR) is 132 cm³/mol. The van der Waals surface area contributed by atoms with Crippen molar-refractivity contribution in [2.75, 3.05) is 27.3 Å². The molecule has 8 nitrogen and oxygen atoms in total. The number of benzene rings is 2. The first-order valence-electron chi connectivity index (χ1n) is 11.7. The van der Waals surface area contributed by atoms with Crippen LogP contribution in [0.25, 0.3) is 0 Å². The number of hydrogen-bond acceptors (Lipinski definition) is 5. The highest BCUT2D eigenvalue weighted by Crippen LogP contribution is 2.41. The zero-order valence-corrected chi connectivity index (χ0v) is 20.3. The van der Waals surface area contributed by atoms with Crippen LogP contribution in [0.3, 0.4) is 0 Å². The normalized spacial score (nSPS) is 14.5. The Bertz CT molecular complexity index is 1200. The van der Waals surface area contributed by atoms with Gasteiger partial charge in [0.1, 0.15) is 5.82 Å². The molecule has 0 fully saturated rings. The predicted octanol–water partition coefficient (Wildman–Crippen LogP) is 3.60. The second kappa shape index (κ2) is 11.5. The van der Waals surface area contributed by atoms with Gasteiger partial charge in [-0.1, -0.05) is 18.2 Å². The average Bonchev–Trinajstić information content (AvgIpc) is 2.91. The summed E-state index contributed by atoms with van der Waals surface area (Å²) >= 11 is 0. The number of nitrogens with one attached hydrogen (secondary N) is 2. The van der Waals surface area contributed by atoms with Crippen molar-refractivity contribution < 1.29 is 23.5 Å². The molecule has 1 atom stereocenters. The number of ether oxygens (including phenoxy) is 2. The molecule has 3 amide bonds. The van der Waals surface area contributed by atoms with E-state index in [4.69, 9.17) is 9.47 Å². The summed E-state index contributed by atoms with van der Waals surface area (Å²) in [5.74, 6) is 0.630. The molecule has 0 radical (unpaired) electrons. The zero-order chi connectivity index (χ0) is 25.5. The molecule has 0 spiro atoms. The van der Waals surface area contributed by atoms with E-state index in [1.807, 2.05) is 30.3 Å². The standard InChI is InChI=1S/C27H29FN4O4/c1-35-23-15-19-11-14-32(26(22(19)16-24(23)36-2)18-6-8-20(28)9-7-18)27(34)30-13-10-25(33)31-17-21-5-3-4-12-29-21/h3-9,12,15-16,26H,10-11,13-14,17H2,1-2H3,(H,30,34)(H,31,33)/t26-/m0/s1. The Hall–Kier alpha value is -4.14. The smallest absolute Gasteiger partial charge is 0.318 e. The van der Waals surface area contributed by atoms with Gasteiger partial charge in [0.2, 0.25) is 5.91 Å². The Labute approximate surface area is 209 Å². The average molecular weight is 493 g/mol. The molecule has 36 heavy (non-hydrogen) atoms. The van der Waals surface area contributed by atoms with Crippen LogP contribution in [0.5, 0.6) is 11.5 Å². The molecule has 9 heteroatoms. The van der Waals surface area contributed by atoms with Crippen molar-refractivity contribution in [2.45, 2.75) is 25.4 Å². The Balaban J connectivity index is 1.47. The molecule has 2 N–H and O–H groups in total. The fraction of sp³-hybridized carbons (Fsp3) is 0.296. The second-order valence-electron chi connectivity index (χ2n) is 8.38. The number of halogens is 1. The van der Waals surface area contributed by atoms with Crippen molar-refractivity contribution in [1.29, 1.82) is 0 Å². The highest BCUT2D eigenvalue weighted by molar-refractivity contribution is 5.79. The maximum atomic E-state index is 13.7. The van der Waals surface area contributed by atoms with Crippen molar-refractivity contribution in [3.8, 4) is 11.5 Å². The third-order valence-electron chi connectivity index (χ3n) is 6.14. The number of fused-ring (bicyclic) bond motifs is 1. The number of urea groups is 1. The van der Waals surface area contributed by atoms with Crippen LogP contribution < -0.4 is 20.1 Å². The summed E-state index contributed by atoms with van der Waals surface area (Å²) in [6.45, 7) is 0.953. The number of pyridine rings is 1. The number of rotatable bonds is 8. The number of nitrogens with zero attached hydrogens (tertiary/aromatic N) is 2. The maximum absolute atomic E-state index is 13.7. The second-order valence-corrected chi connectivity index (χ2v) is 8.38. The summed E-state index contributed by atoms with van der Waals surface area (Å²) in [5.41, 5.74) is 3.44. The summed E-state index contributed by atoms with van der Waals surface area (Å²) in [7, 11) is 3.14. The lowest BCUT2D eigenvalue weighted by molar-refractivity contribution is -0.121. The first-order chi connectivity index (χ1) is 17.5. The van der Waals surface area contributed by atoms with E-state index >= 15 is 0 Å².